The fourth-order valence-electron chi connectivity index (χ4n) is 3.60. The molecule has 138 valence electrons. The van der Waals surface area contributed by atoms with Crippen LogP contribution < -0.4 is 10.5 Å². The van der Waals surface area contributed by atoms with Crippen molar-refractivity contribution in [3.63, 3.8) is 0 Å². The summed E-state index contributed by atoms with van der Waals surface area (Å²) in [5.74, 6) is -0.358. The van der Waals surface area contributed by atoms with Gasteiger partial charge in [-0.2, -0.15) is 0 Å². The minimum absolute atomic E-state index is 0.167. The number of hydrogen-bond donors (Lipinski definition) is 1. The maximum atomic E-state index is 14.5. The molecule has 28 heavy (non-hydrogen) atoms. The Kier molecular flexibility index (Phi) is 3.45. The molecule has 2 N–H and O–H groups in total. The fourth-order valence-corrected chi connectivity index (χ4v) is 3.60. The molecule has 0 fully saturated rings. The smallest absolute Gasteiger partial charge is 0.262 e. The highest BCUT2D eigenvalue weighted by molar-refractivity contribution is 6.12. The summed E-state index contributed by atoms with van der Waals surface area (Å²) in [6.45, 7) is 0.334. The van der Waals surface area contributed by atoms with Gasteiger partial charge in [0.05, 0.1) is 42.3 Å². The van der Waals surface area contributed by atoms with Crippen molar-refractivity contribution in [1.29, 1.82) is 0 Å². The first-order valence-corrected chi connectivity index (χ1v) is 8.69. The third kappa shape index (κ3) is 2.22. The number of allylic oxidation sites excluding steroid dienone is 3. The molecule has 1 aliphatic heterocycles. The van der Waals surface area contributed by atoms with Crippen LogP contribution in [0.3, 0.4) is 0 Å². The van der Waals surface area contributed by atoms with Gasteiger partial charge in [-0.05, 0) is 12.2 Å². The third-order valence-electron chi connectivity index (χ3n) is 5.07. The predicted molar refractivity (Wildman–Crippen MR) is 103 cm³/mol. The monoisotopic (exact) mass is 374 g/mol. The highest BCUT2D eigenvalue weighted by atomic mass is 19.1. The normalized spacial score (nSPS) is 14.9. The van der Waals surface area contributed by atoms with Gasteiger partial charge in [-0.3, -0.25) is 4.79 Å². The number of fused-ring (bicyclic) bond motifs is 2. The lowest BCUT2D eigenvalue weighted by molar-refractivity contribution is 0.0831. The third-order valence-corrected chi connectivity index (χ3v) is 5.07. The van der Waals surface area contributed by atoms with Crippen LogP contribution in [0.5, 0.6) is 5.88 Å². The maximum Gasteiger partial charge on any atom is 0.262 e. The highest BCUT2D eigenvalue weighted by Gasteiger charge is 2.34. The van der Waals surface area contributed by atoms with Gasteiger partial charge in [0, 0.05) is 28.3 Å². The summed E-state index contributed by atoms with van der Waals surface area (Å²) in [4.78, 5) is 23.1. The van der Waals surface area contributed by atoms with Crippen LogP contribution in [-0.4, -0.2) is 27.9 Å². The molecule has 1 aromatic carbocycles. The van der Waals surface area contributed by atoms with Crippen LogP contribution in [0.15, 0.2) is 54.4 Å². The van der Waals surface area contributed by atoms with Crippen molar-refractivity contribution >= 4 is 22.5 Å². The average molecular weight is 374 g/mol. The van der Waals surface area contributed by atoms with E-state index in [-0.39, 0.29) is 5.91 Å². The molecule has 0 saturated carbocycles. The molecular formula is C21H15FN4O2. The molecule has 6 nitrogen and oxygen atoms in total. The number of benzene rings is 1. The maximum absolute atomic E-state index is 14.5. The van der Waals surface area contributed by atoms with Crippen molar-refractivity contribution in [3.05, 3.63) is 71.5 Å². The molecule has 3 aromatic rings. The quantitative estimate of drug-likeness (QED) is 0.760. The van der Waals surface area contributed by atoms with Crippen molar-refractivity contribution in [2.75, 3.05) is 12.8 Å². The fraction of sp³-hybridized carbons (Fsp3) is 0.0952. The zero-order chi connectivity index (χ0) is 19.4. The van der Waals surface area contributed by atoms with Crippen LogP contribution in [0.25, 0.3) is 22.0 Å². The van der Waals surface area contributed by atoms with Crippen LogP contribution in [0.1, 0.15) is 16.1 Å². The number of carbonyl (C=O) groups is 1. The minimum Gasteiger partial charge on any atom is -0.481 e. The van der Waals surface area contributed by atoms with E-state index in [1.807, 2.05) is 18.2 Å². The number of amides is 1. The molecule has 2 aromatic heterocycles. The Morgan fingerprint density at radius 1 is 1.29 bits per heavy atom. The van der Waals surface area contributed by atoms with E-state index < -0.39 is 5.82 Å². The molecule has 0 radical (unpaired) electrons. The van der Waals surface area contributed by atoms with Gasteiger partial charge in [-0.25, -0.2) is 14.4 Å². The Balaban J connectivity index is 1.73. The lowest BCUT2D eigenvalue weighted by Crippen LogP contribution is -2.24. The molecule has 1 amide bonds. The number of nitrogen functional groups attached to an aromatic ring is 1. The van der Waals surface area contributed by atoms with Crippen molar-refractivity contribution in [2.45, 2.75) is 6.54 Å². The van der Waals surface area contributed by atoms with Gasteiger partial charge in [0.15, 0.2) is 0 Å². The Hall–Kier alpha value is -3.74. The zero-order valence-electron chi connectivity index (χ0n) is 14.9. The van der Waals surface area contributed by atoms with E-state index in [1.54, 1.807) is 23.1 Å². The Morgan fingerprint density at radius 3 is 2.82 bits per heavy atom. The lowest BCUT2D eigenvalue weighted by atomic mass is 9.99. The van der Waals surface area contributed by atoms with Gasteiger partial charge >= 0.3 is 0 Å². The van der Waals surface area contributed by atoms with Gasteiger partial charge in [0.25, 0.3) is 5.91 Å². The molecule has 0 atom stereocenters. The summed E-state index contributed by atoms with van der Waals surface area (Å²) >= 11 is 0. The van der Waals surface area contributed by atoms with E-state index in [0.29, 0.717) is 51.4 Å². The number of anilines is 1. The van der Waals surface area contributed by atoms with Gasteiger partial charge in [-0.1, -0.05) is 24.3 Å². The molecule has 0 unspecified atom stereocenters. The predicted octanol–water partition coefficient (Wildman–Crippen LogP) is 3.44. The Bertz CT molecular complexity index is 1230. The SMILES string of the molecule is COc1cc(-c2cccc3c(N)c4c(nc23)CN(C2=CC=C2)C4=O)c(F)cn1. The minimum atomic E-state index is -0.489. The molecule has 0 saturated heterocycles. The lowest BCUT2D eigenvalue weighted by Gasteiger charge is -2.19. The van der Waals surface area contributed by atoms with E-state index in [1.165, 1.54) is 13.2 Å². The molecule has 1 aliphatic carbocycles. The van der Waals surface area contributed by atoms with E-state index in [2.05, 4.69) is 4.98 Å². The van der Waals surface area contributed by atoms with Crippen LogP contribution in [-0.2, 0) is 6.54 Å². The number of ether oxygens (including phenoxy) is 1. The second-order valence-corrected chi connectivity index (χ2v) is 6.60. The average Bonchev–Trinajstić information content (AvgIpc) is 2.97. The standard InChI is InChI=1S/C21H15FN4O2/c1-28-17-8-14(15(22)9-24-17)12-6-3-7-13-19(23)18-16(25-20(12)13)10-26(21(18)27)11-4-2-5-11/h2-9H,10H2,1H3,(H2,23,25). The molecule has 5 rings (SSSR count). The molecule has 3 heterocycles. The summed E-state index contributed by atoms with van der Waals surface area (Å²) in [7, 11) is 1.47. The topological polar surface area (TPSA) is 81.3 Å². The van der Waals surface area contributed by atoms with E-state index in [4.69, 9.17) is 15.5 Å². The van der Waals surface area contributed by atoms with Crippen molar-refractivity contribution < 1.29 is 13.9 Å². The van der Waals surface area contributed by atoms with Gasteiger partial charge in [0.1, 0.15) is 5.82 Å². The zero-order valence-corrected chi connectivity index (χ0v) is 14.9. The van der Waals surface area contributed by atoms with E-state index in [9.17, 15) is 9.18 Å². The number of rotatable bonds is 3. The molecule has 0 bridgehead atoms. The number of para-hydroxylation sites is 1. The first-order chi connectivity index (χ1) is 13.6. The number of methoxy groups -OCH3 is 1. The van der Waals surface area contributed by atoms with Crippen molar-refractivity contribution in [3.8, 4) is 17.0 Å². The summed E-state index contributed by atoms with van der Waals surface area (Å²) in [6, 6.07) is 6.85. The summed E-state index contributed by atoms with van der Waals surface area (Å²) in [5.41, 5.74) is 9.99. The summed E-state index contributed by atoms with van der Waals surface area (Å²) in [6.07, 6.45) is 6.72. The van der Waals surface area contributed by atoms with Gasteiger partial charge in [-0.15, -0.1) is 0 Å². The Morgan fingerprint density at radius 2 is 2.11 bits per heavy atom. The van der Waals surface area contributed by atoms with Crippen LogP contribution in [0, 0.1) is 5.82 Å². The molecular weight excluding hydrogens is 359 g/mol. The van der Waals surface area contributed by atoms with Crippen LogP contribution >= 0.6 is 0 Å². The second kappa shape index (κ2) is 5.88. The first-order valence-electron chi connectivity index (χ1n) is 8.69. The van der Waals surface area contributed by atoms with E-state index in [0.717, 1.165) is 11.9 Å². The number of aromatic nitrogens is 2. The van der Waals surface area contributed by atoms with Crippen molar-refractivity contribution in [2.24, 2.45) is 0 Å². The molecule has 2 aliphatic rings. The molecule has 0 spiro atoms. The van der Waals surface area contributed by atoms with Crippen LogP contribution in [0.4, 0.5) is 10.1 Å². The molecule has 7 heteroatoms. The largest absolute Gasteiger partial charge is 0.481 e. The summed E-state index contributed by atoms with van der Waals surface area (Å²) < 4.78 is 19.7. The number of nitrogens with two attached hydrogens (primary N) is 1. The second-order valence-electron chi connectivity index (χ2n) is 6.60. The van der Waals surface area contributed by atoms with Crippen LogP contribution in [0.2, 0.25) is 0 Å². The number of halogens is 1. The van der Waals surface area contributed by atoms with Gasteiger partial charge < -0.3 is 15.4 Å². The Labute approximate surface area is 159 Å². The highest BCUT2D eigenvalue weighted by Crippen LogP contribution is 2.39. The number of nitrogens with zero attached hydrogens (tertiary/aromatic N) is 3. The van der Waals surface area contributed by atoms with E-state index >= 15 is 0 Å². The number of pyridine rings is 2. The summed E-state index contributed by atoms with van der Waals surface area (Å²) in [5, 5.41) is 0.611. The first kappa shape index (κ1) is 16.4. The van der Waals surface area contributed by atoms with Gasteiger partial charge in [0.2, 0.25) is 5.88 Å². The van der Waals surface area contributed by atoms with Crippen molar-refractivity contribution in [1.82, 2.24) is 14.9 Å². The number of hydrogen-bond acceptors (Lipinski definition) is 5. The number of carbonyl (C=O) groups excluding carboxylic acids is 1.